The normalized spacial score (nSPS) is 16.3. The molecule has 0 aromatic heterocycles. The maximum atomic E-state index is 12.4. The fourth-order valence-corrected chi connectivity index (χ4v) is 3.61. The van der Waals surface area contributed by atoms with E-state index in [0.29, 0.717) is 15.6 Å². The minimum atomic E-state index is -0.178. The summed E-state index contributed by atoms with van der Waals surface area (Å²) >= 11 is 12.0. The Balaban J connectivity index is 1.73. The number of hydrogen-bond acceptors (Lipinski definition) is 3. The lowest BCUT2D eigenvalue weighted by Crippen LogP contribution is -2.35. The van der Waals surface area contributed by atoms with Gasteiger partial charge in [-0.2, -0.15) is 0 Å². The molecule has 1 fully saturated rings. The van der Waals surface area contributed by atoms with Crippen molar-refractivity contribution in [1.82, 2.24) is 4.90 Å². The van der Waals surface area contributed by atoms with E-state index in [1.54, 1.807) is 24.3 Å². The molecule has 0 bridgehead atoms. The van der Waals surface area contributed by atoms with Crippen LogP contribution in [0.3, 0.4) is 0 Å². The van der Waals surface area contributed by atoms with Gasteiger partial charge in [0.1, 0.15) is 0 Å². The number of aliphatic hydroxyl groups is 1. The molecule has 1 saturated heterocycles. The third-order valence-corrected chi connectivity index (χ3v) is 5.16. The average molecular weight is 390 g/mol. The summed E-state index contributed by atoms with van der Waals surface area (Å²) in [5.74, 6) is -0.150. The van der Waals surface area contributed by atoms with Crippen molar-refractivity contribution in [2.75, 3.05) is 13.1 Å². The number of hydrogen-bond donors (Lipinski definition) is 1. The molecule has 0 aliphatic carbocycles. The van der Waals surface area contributed by atoms with E-state index in [2.05, 4.69) is 11.0 Å². The van der Waals surface area contributed by atoms with E-state index in [-0.39, 0.29) is 11.9 Å². The molecular weight excluding hydrogens is 369 g/mol. The predicted molar refractivity (Wildman–Crippen MR) is 107 cm³/mol. The molecule has 0 atom stereocenters. The molecule has 2 aromatic carbocycles. The minimum Gasteiger partial charge on any atom is -0.393 e. The summed E-state index contributed by atoms with van der Waals surface area (Å²) in [6, 6.07) is 12.9. The Morgan fingerprint density at radius 2 is 1.88 bits per heavy atom. The predicted octanol–water partition coefficient (Wildman–Crippen LogP) is 4.85. The molecule has 0 unspecified atom stereocenters. The fraction of sp³-hybridized carbons (Fsp3) is 0.286. The number of likely N-dealkylation sites (tertiary alicyclic amines) is 1. The first-order valence-electron chi connectivity index (χ1n) is 8.69. The van der Waals surface area contributed by atoms with Crippen molar-refractivity contribution in [2.45, 2.75) is 25.5 Å². The lowest BCUT2D eigenvalue weighted by molar-refractivity contribution is 0.0792. The van der Waals surface area contributed by atoms with Gasteiger partial charge in [-0.15, -0.1) is 0 Å². The number of allylic oxidation sites excluding steroid dienone is 1. The number of carbonyl (C=O) groups is 1. The third-order valence-electron chi connectivity index (χ3n) is 4.62. The Labute approximate surface area is 163 Å². The number of ketones is 1. The maximum Gasteiger partial charge on any atom is 0.187 e. The van der Waals surface area contributed by atoms with E-state index in [1.807, 2.05) is 24.3 Å². The quantitative estimate of drug-likeness (QED) is 0.586. The summed E-state index contributed by atoms with van der Waals surface area (Å²) in [5, 5.41) is 10.5. The van der Waals surface area contributed by atoms with Crippen LogP contribution in [0.4, 0.5) is 0 Å². The van der Waals surface area contributed by atoms with Crippen LogP contribution >= 0.6 is 23.2 Å². The van der Waals surface area contributed by atoms with E-state index >= 15 is 0 Å². The fourth-order valence-electron chi connectivity index (χ4n) is 3.10. The van der Waals surface area contributed by atoms with E-state index in [9.17, 15) is 9.90 Å². The maximum absolute atomic E-state index is 12.4. The number of nitrogens with zero attached hydrogens (tertiary/aromatic N) is 1. The second-order valence-electron chi connectivity index (χ2n) is 6.53. The van der Waals surface area contributed by atoms with E-state index in [0.717, 1.165) is 43.6 Å². The average Bonchev–Trinajstić information content (AvgIpc) is 2.62. The van der Waals surface area contributed by atoms with Crippen molar-refractivity contribution < 1.29 is 9.90 Å². The molecule has 1 aliphatic rings. The van der Waals surface area contributed by atoms with Crippen molar-refractivity contribution in [3.8, 4) is 0 Å². The van der Waals surface area contributed by atoms with Crippen molar-refractivity contribution in [1.29, 1.82) is 0 Å². The van der Waals surface area contributed by atoms with Crippen LogP contribution in [-0.4, -0.2) is 35.0 Å². The molecule has 26 heavy (non-hydrogen) atoms. The monoisotopic (exact) mass is 389 g/mol. The Kier molecular flexibility index (Phi) is 6.49. The molecule has 3 rings (SSSR count). The van der Waals surface area contributed by atoms with Gasteiger partial charge in [-0.05, 0) is 48.2 Å². The molecule has 3 nitrogen and oxygen atoms in total. The van der Waals surface area contributed by atoms with Crippen molar-refractivity contribution >= 4 is 35.1 Å². The lowest BCUT2D eigenvalue weighted by Gasteiger charge is -2.29. The number of piperidine rings is 1. The molecule has 0 spiro atoms. The summed E-state index contributed by atoms with van der Waals surface area (Å²) in [4.78, 5) is 14.8. The van der Waals surface area contributed by atoms with E-state index in [4.69, 9.17) is 23.2 Å². The van der Waals surface area contributed by atoms with Crippen LogP contribution in [0.2, 0.25) is 10.0 Å². The second kappa shape index (κ2) is 8.83. The highest BCUT2D eigenvalue weighted by molar-refractivity contribution is 6.37. The Hall–Kier alpha value is -1.65. The van der Waals surface area contributed by atoms with Gasteiger partial charge in [0, 0.05) is 30.2 Å². The highest BCUT2D eigenvalue weighted by Crippen LogP contribution is 2.22. The van der Waals surface area contributed by atoms with Gasteiger partial charge >= 0.3 is 0 Å². The summed E-state index contributed by atoms with van der Waals surface area (Å²) in [6.07, 6.45) is 4.83. The van der Waals surface area contributed by atoms with Crippen molar-refractivity contribution in [3.05, 3.63) is 75.3 Å². The smallest absolute Gasteiger partial charge is 0.187 e. The molecule has 1 aliphatic heterocycles. The topological polar surface area (TPSA) is 40.5 Å². The van der Waals surface area contributed by atoms with E-state index in [1.165, 1.54) is 0 Å². The first-order valence-corrected chi connectivity index (χ1v) is 9.44. The van der Waals surface area contributed by atoms with Crippen LogP contribution < -0.4 is 0 Å². The number of halogens is 2. The van der Waals surface area contributed by atoms with Gasteiger partial charge in [-0.25, -0.2) is 0 Å². The van der Waals surface area contributed by atoms with Crippen LogP contribution in [0.15, 0.2) is 48.5 Å². The molecule has 5 heteroatoms. The Morgan fingerprint density at radius 3 is 2.62 bits per heavy atom. The molecule has 1 N–H and O–H groups in total. The Morgan fingerprint density at radius 1 is 1.15 bits per heavy atom. The van der Waals surface area contributed by atoms with Gasteiger partial charge in [0.15, 0.2) is 5.78 Å². The largest absolute Gasteiger partial charge is 0.393 e. The molecular formula is C21H21Cl2NO2. The number of carbonyl (C=O) groups excluding carboxylic acids is 1. The van der Waals surface area contributed by atoms with Gasteiger partial charge in [0.25, 0.3) is 0 Å². The van der Waals surface area contributed by atoms with Crippen molar-refractivity contribution in [3.63, 3.8) is 0 Å². The van der Waals surface area contributed by atoms with Gasteiger partial charge < -0.3 is 5.11 Å². The zero-order valence-electron chi connectivity index (χ0n) is 14.4. The van der Waals surface area contributed by atoms with Crippen molar-refractivity contribution in [2.24, 2.45) is 0 Å². The molecule has 0 saturated carbocycles. The molecule has 1 heterocycles. The lowest BCUT2D eigenvalue weighted by atomic mass is 10.0. The van der Waals surface area contributed by atoms with E-state index < -0.39 is 0 Å². The van der Waals surface area contributed by atoms with Crippen LogP contribution in [0.1, 0.15) is 34.3 Å². The van der Waals surface area contributed by atoms with Gasteiger partial charge in [0.05, 0.1) is 11.1 Å². The molecule has 0 amide bonds. The van der Waals surface area contributed by atoms with Crippen LogP contribution in [0.25, 0.3) is 6.08 Å². The molecule has 136 valence electrons. The standard InChI is InChI=1S/C21H21Cl2NO2/c22-17-6-7-19(20(23)13-17)21(26)8-5-15-3-1-2-4-16(15)14-24-11-9-18(25)10-12-24/h1-8,13,18,25H,9-12,14H2/b8-5+. The Bertz CT molecular complexity index is 811. The summed E-state index contributed by atoms with van der Waals surface area (Å²) in [6.45, 7) is 2.58. The molecule has 0 radical (unpaired) electrons. The van der Waals surface area contributed by atoms with Crippen LogP contribution in [-0.2, 0) is 6.54 Å². The second-order valence-corrected chi connectivity index (χ2v) is 7.37. The third kappa shape index (κ3) is 4.95. The highest BCUT2D eigenvalue weighted by Gasteiger charge is 2.17. The van der Waals surface area contributed by atoms with Gasteiger partial charge in [-0.3, -0.25) is 9.69 Å². The summed E-state index contributed by atoms with van der Waals surface area (Å²) < 4.78 is 0. The molecule has 2 aromatic rings. The summed E-state index contributed by atoms with van der Waals surface area (Å²) in [7, 11) is 0. The number of benzene rings is 2. The number of aliphatic hydroxyl groups excluding tert-OH is 1. The van der Waals surface area contributed by atoms with Crippen LogP contribution in [0.5, 0.6) is 0 Å². The zero-order valence-corrected chi connectivity index (χ0v) is 15.9. The van der Waals surface area contributed by atoms with Gasteiger partial charge in [-0.1, -0.05) is 53.5 Å². The van der Waals surface area contributed by atoms with Crippen LogP contribution in [0, 0.1) is 0 Å². The zero-order chi connectivity index (χ0) is 18.5. The highest BCUT2D eigenvalue weighted by atomic mass is 35.5. The minimum absolute atomic E-state index is 0.150. The van der Waals surface area contributed by atoms with Gasteiger partial charge in [0.2, 0.25) is 0 Å². The first-order chi connectivity index (χ1) is 12.5. The summed E-state index contributed by atoms with van der Waals surface area (Å²) in [5.41, 5.74) is 2.61. The first kappa shape index (κ1) is 19.1. The SMILES string of the molecule is O=C(/C=C/c1ccccc1CN1CCC(O)CC1)c1ccc(Cl)cc1Cl. The number of rotatable bonds is 5.